The van der Waals surface area contributed by atoms with Gasteiger partial charge in [0.05, 0.1) is 5.69 Å². The highest BCUT2D eigenvalue weighted by atomic mass is 16.1. The first-order valence-electron chi connectivity index (χ1n) is 6.98. The van der Waals surface area contributed by atoms with Gasteiger partial charge in [0.2, 0.25) is 5.95 Å². The molecule has 0 aliphatic rings. The minimum Gasteiger partial charge on any atom is -0.356 e. The molecule has 0 fully saturated rings. The SMILES string of the molecule is CCCCCCCNc1nc(C(C)C)cc(=O)[nH]1. The fraction of sp³-hybridized carbons (Fsp3) is 0.714. The van der Waals surface area contributed by atoms with Gasteiger partial charge in [-0.2, -0.15) is 0 Å². The van der Waals surface area contributed by atoms with Gasteiger partial charge in [0, 0.05) is 12.6 Å². The first kappa shape index (κ1) is 14.7. The van der Waals surface area contributed by atoms with Gasteiger partial charge in [-0.25, -0.2) is 4.98 Å². The molecule has 0 spiro atoms. The van der Waals surface area contributed by atoms with Crippen molar-refractivity contribution in [3.63, 3.8) is 0 Å². The smallest absolute Gasteiger partial charge is 0.252 e. The lowest BCUT2D eigenvalue weighted by atomic mass is 10.1. The Kier molecular flexibility index (Phi) is 6.47. The summed E-state index contributed by atoms with van der Waals surface area (Å²) in [5.74, 6) is 0.874. The first-order valence-corrected chi connectivity index (χ1v) is 6.98. The Morgan fingerprint density at radius 2 is 2.00 bits per heavy atom. The molecule has 2 N–H and O–H groups in total. The van der Waals surface area contributed by atoms with Crippen molar-refractivity contribution in [3.8, 4) is 0 Å². The summed E-state index contributed by atoms with van der Waals surface area (Å²) in [7, 11) is 0. The number of anilines is 1. The molecule has 0 aromatic carbocycles. The molecule has 0 bridgehead atoms. The summed E-state index contributed by atoms with van der Waals surface area (Å²) in [4.78, 5) is 18.6. The van der Waals surface area contributed by atoms with E-state index in [0.717, 1.165) is 18.7 Å². The van der Waals surface area contributed by atoms with E-state index in [2.05, 4.69) is 22.2 Å². The van der Waals surface area contributed by atoms with Gasteiger partial charge < -0.3 is 5.32 Å². The van der Waals surface area contributed by atoms with Crippen molar-refractivity contribution in [3.05, 3.63) is 22.1 Å². The Bertz CT molecular complexity index is 398. The van der Waals surface area contributed by atoms with Crippen molar-refractivity contribution in [2.45, 2.75) is 58.8 Å². The van der Waals surface area contributed by atoms with Gasteiger partial charge in [0.25, 0.3) is 5.56 Å². The van der Waals surface area contributed by atoms with E-state index in [0.29, 0.717) is 5.95 Å². The average Bonchev–Trinajstić information content (AvgIpc) is 2.33. The summed E-state index contributed by atoms with van der Waals surface area (Å²) >= 11 is 0. The van der Waals surface area contributed by atoms with Gasteiger partial charge in [0.15, 0.2) is 0 Å². The minimum absolute atomic E-state index is 0.0813. The van der Waals surface area contributed by atoms with Crippen LogP contribution in [-0.4, -0.2) is 16.5 Å². The molecule has 4 nitrogen and oxygen atoms in total. The number of hydrogen-bond acceptors (Lipinski definition) is 3. The lowest BCUT2D eigenvalue weighted by Crippen LogP contribution is -2.15. The highest BCUT2D eigenvalue weighted by Gasteiger charge is 2.04. The lowest BCUT2D eigenvalue weighted by molar-refractivity contribution is 0.644. The van der Waals surface area contributed by atoms with Crippen LogP contribution in [0.2, 0.25) is 0 Å². The van der Waals surface area contributed by atoms with E-state index in [9.17, 15) is 4.79 Å². The van der Waals surface area contributed by atoms with Crippen molar-refractivity contribution < 1.29 is 0 Å². The maximum absolute atomic E-state index is 11.5. The molecule has 0 unspecified atom stereocenters. The number of H-pyrrole nitrogens is 1. The van der Waals surface area contributed by atoms with Crippen LogP contribution in [-0.2, 0) is 0 Å². The standard InChI is InChI=1S/C14H25N3O/c1-4-5-6-7-8-9-15-14-16-12(11(2)3)10-13(18)17-14/h10-11H,4-9H2,1-3H3,(H2,15,16,17,18). The van der Waals surface area contributed by atoms with Crippen LogP contribution in [0, 0.1) is 0 Å². The van der Waals surface area contributed by atoms with Crippen LogP contribution in [0.15, 0.2) is 10.9 Å². The zero-order valence-electron chi connectivity index (χ0n) is 11.8. The fourth-order valence-electron chi connectivity index (χ4n) is 1.79. The Hall–Kier alpha value is -1.32. The van der Waals surface area contributed by atoms with Crippen molar-refractivity contribution >= 4 is 5.95 Å². The molecule has 0 saturated heterocycles. The number of rotatable bonds is 8. The van der Waals surface area contributed by atoms with E-state index in [-0.39, 0.29) is 11.5 Å². The van der Waals surface area contributed by atoms with Gasteiger partial charge >= 0.3 is 0 Å². The third-order valence-corrected chi connectivity index (χ3v) is 2.93. The first-order chi connectivity index (χ1) is 8.63. The van der Waals surface area contributed by atoms with Crippen molar-refractivity contribution in [1.82, 2.24) is 9.97 Å². The number of aromatic amines is 1. The highest BCUT2D eigenvalue weighted by molar-refractivity contribution is 5.25. The molecule has 0 atom stereocenters. The quantitative estimate of drug-likeness (QED) is 0.697. The van der Waals surface area contributed by atoms with E-state index in [4.69, 9.17) is 0 Å². The predicted molar refractivity (Wildman–Crippen MR) is 76.2 cm³/mol. The molecule has 102 valence electrons. The molecule has 0 saturated carbocycles. The Morgan fingerprint density at radius 1 is 1.28 bits per heavy atom. The minimum atomic E-state index is -0.0813. The van der Waals surface area contributed by atoms with Gasteiger partial charge in [-0.05, 0) is 12.3 Å². The van der Waals surface area contributed by atoms with E-state index in [1.165, 1.54) is 25.7 Å². The third-order valence-electron chi connectivity index (χ3n) is 2.93. The normalized spacial score (nSPS) is 10.9. The van der Waals surface area contributed by atoms with Gasteiger partial charge in [-0.3, -0.25) is 9.78 Å². The molecule has 1 aromatic heterocycles. The van der Waals surface area contributed by atoms with Crippen LogP contribution in [0.3, 0.4) is 0 Å². The second-order valence-electron chi connectivity index (χ2n) is 5.01. The summed E-state index contributed by atoms with van der Waals surface area (Å²) < 4.78 is 0. The number of nitrogens with one attached hydrogen (secondary N) is 2. The zero-order chi connectivity index (χ0) is 13.4. The monoisotopic (exact) mass is 251 g/mol. The van der Waals surface area contributed by atoms with Crippen LogP contribution in [0.5, 0.6) is 0 Å². The largest absolute Gasteiger partial charge is 0.356 e. The number of nitrogens with zero attached hydrogens (tertiary/aromatic N) is 1. The van der Waals surface area contributed by atoms with Crippen LogP contribution >= 0.6 is 0 Å². The molecule has 0 amide bonds. The molecular weight excluding hydrogens is 226 g/mol. The van der Waals surface area contributed by atoms with E-state index in [1.54, 1.807) is 6.07 Å². The van der Waals surface area contributed by atoms with E-state index >= 15 is 0 Å². The molecule has 0 aliphatic carbocycles. The summed E-state index contributed by atoms with van der Waals surface area (Å²) in [6, 6.07) is 1.57. The molecule has 1 rings (SSSR count). The van der Waals surface area contributed by atoms with Crippen LogP contribution < -0.4 is 10.9 Å². The second-order valence-corrected chi connectivity index (χ2v) is 5.01. The molecule has 18 heavy (non-hydrogen) atoms. The van der Waals surface area contributed by atoms with Crippen molar-refractivity contribution in [2.75, 3.05) is 11.9 Å². The molecule has 0 radical (unpaired) electrons. The maximum Gasteiger partial charge on any atom is 0.252 e. The van der Waals surface area contributed by atoms with Crippen LogP contribution in [0.25, 0.3) is 0 Å². The Morgan fingerprint density at radius 3 is 2.67 bits per heavy atom. The Labute approximate surface area is 109 Å². The summed E-state index contributed by atoms with van der Waals surface area (Å²) in [5, 5.41) is 3.19. The molecule has 0 aliphatic heterocycles. The highest BCUT2D eigenvalue weighted by Crippen LogP contribution is 2.10. The maximum atomic E-state index is 11.5. The molecule has 4 heteroatoms. The predicted octanol–water partition coefficient (Wildman–Crippen LogP) is 3.28. The molecule has 1 aromatic rings. The van der Waals surface area contributed by atoms with Crippen LogP contribution in [0.1, 0.15) is 64.5 Å². The van der Waals surface area contributed by atoms with Crippen molar-refractivity contribution in [2.24, 2.45) is 0 Å². The second kappa shape index (κ2) is 7.90. The topological polar surface area (TPSA) is 57.8 Å². The number of hydrogen-bond donors (Lipinski definition) is 2. The van der Waals surface area contributed by atoms with Crippen molar-refractivity contribution in [1.29, 1.82) is 0 Å². The van der Waals surface area contributed by atoms with Gasteiger partial charge in [-0.1, -0.05) is 46.5 Å². The Balaban J connectivity index is 2.40. The summed E-state index contributed by atoms with van der Waals surface area (Å²) in [6.07, 6.45) is 6.20. The lowest BCUT2D eigenvalue weighted by Gasteiger charge is -2.08. The number of unbranched alkanes of at least 4 members (excludes halogenated alkanes) is 4. The molecular formula is C14H25N3O. The van der Waals surface area contributed by atoms with Crippen LogP contribution in [0.4, 0.5) is 5.95 Å². The van der Waals surface area contributed by atoms with E-state index in [1.807, 2.05) is 13.8 Å². The summed E-state index contributed by atoms with van der Waals surface area (Å²) in [6.45, 7) is 7.16. The molecule has 1 heterocycles. The van der Waals surface area contributed by atoms with E-state index < -0.39 is 0 Å². The zero-order valence-corrected chi connectivity index (χ0v) is 11.8. The van der Waals surface area contributed by atoms with Gasteiger partial charge in [0.1, 0.15) is 0 Å². The average molecular weight is 251 g/mol. The fourth-order valence-corrected chi connectivity index (χ4v) is 1.79. The summed E-state index contributed by atoms with van der Waals surface area (Å²) in [5.41, 5.74) is 0.759. The third kappa shape index (κ3) is 5.34. The number of aromatic nitrogens is 2. The van der Waals surface area contributed by atoms with Gasteiger partial charge in [-0.15, -0.1) is 0 Å².